The maximum Gasteiger partial charge on any atom is 0.331 e. The van der Waals surface area contributed by atoms with E-state index in [0.29, 0.717) is 11.5 Å². The van der Waals surface area contributed by atoms with E-state index >= 15 is 0 Å². The van der Waals surface area contributed by atoms with Gasteiger partial charge in [-0.25, -0.2) is 0 Å². The van der Waals surface area contributed by atoms with Gasteiger partial charge in [-0.15, -0.1) is 15.0 Å². The van der Waals surface area contributed by atoms with Crippen molar-refractivity contribution in [2.75, 3.05) is 7.11 Å². The van der Waals surface area contributed by atoms with Crippen LogP contribution >= 0.6 is 0 Å². The van der Waals surface area contributed by atoms with Crippen LogP contribution in [0.2, 0.25) is 0 Å². The summed E-state index contributed by atoms with van der Waals surface area (Å²) in [5.41, 5.74) is 4.36. The molecule has 2 aromatic carbocycles. The van der Waals surface area contributed by atoms with Crippen LogP contribution in [0.3, 0.4) is 0 Å². The van der Waals surface area contributed by atoms with Gasteiger partial charge >= 0.3 is 18.0 Å². The van der Waals surface area contributed by atoms with Crippen LogP contribution in [0.15, 0.2) is 36.4 Å². The molecule has 0 unspecified atom stereocenters. The molecule has 0 atom stereocenters. The highest BCUT2D eigenvalue weighted by atomic mass is 16.5. The Morgan fingerprint density at radius 1 is 0.538 bits per heavy atom. The summed E-state index contributed by atoms with van der Waals surface area (Å²) in [6, 6.07) is 12.1. The summed E-state index contributed by atoms with van der Waals surface area (Å²) < 4.78 is 16.7. The molecule has 0 spiro atoms. The molecule has 3 rings (SSSR count). The predicted octanol–water partition coefficient (Wildman–Crippen LogP) is 4.70. The van der Waals surface area contributed by atoms with Crippen molar-refractivity contribution >= 4 is 0 Å². The normalized spacial score (nSPS) is 10.5. The first-order chi connectivity index (χ1) is 12.4. The number of hydrogen-bond acceptors (Lipinski definition) is 6. The predicted molar refractivity (Wildman–Crippen MR) is 98.4 cm³/mol. The molecule has 0 fully saturated rings. The SMILES string of the molecule is COc1nc(Oc2cc(C)cc(C)c2)nc(Oc2cc(C)cc(C)c2)n1. The molecule has 1 heterocycles. The standard InChI is InChI=1S/C20H21N3O3/c1-12-6-13(2)9-16(8-12)25-19-21-18(24-5)22-20(23-19)26-17-10-14(3)7-15(4)11-17/h6-11H,1-5H3. The van der Waals surface area contributed by atoms with E-state index in [-0.39, 0.29) is 18.0 Å². The topological polar surface area (TPSA) is 66.4 Å². The molecule has 1 aromatic heterocycles. The van der Waals surface area contributed by atoms with Crippen molar-refractivity contribution in [2.45, 2.75) is 27.7 Å². The second kappa shape index (κ2) is 7.39. The third kappa shape index (κ3) is 4.47. The van der Waals surface area contributed by atoms with Crippen molar-refractivity contribution in [2.24, 2.45) is 0 Å². The number of nitrogens with zero attached hydrogens (tertiary/aromatic N) is 3. The first kappa shape index (κ1) is 17.7. The minimum absolute atomic E-state index is 0.112. The Morgan fingerprint density at radius 2 is 0.885 bits per heavy atom. The van der Waals surface area contributed by atoms with Gasteiger partial charge in [0.15, 0.2) is 0 Å². The van der Waals surface area contributed by atoms with E-state index in [1.807, 2.05) is 52.0 Å². The molecule has 0 amide bonds. The highest BCUT2D eigenvalue weighted by Gasteiger charge is 2.12. The van der Waals surface area contributed by atoms with Crippen LogP contribution in [-0.2, 0) is 0 Å². The molecule has 0 bridgehead atoms. The van der Waals surface area contributed by atoms with E-state index in [9.17, 15) is 0 Å². The van der Waals surface area contributed by atoms with Crippen molar-refractivity contribution < 1.29 is 14.2 Å². The van der Waals surface area contributed by atoms with Crippen molar-refractivity contribution in [3.8, 4) is 29.5 Å². The van der Waals surface area contributed by atoms with E-state index < -0.39 is 0 Å². The lowest BCUT2D eigenvalue weighted by atomic mass is 10.1. The Balaban J connectivity index is 1.90. The van der Waals surface area contributed by atoms with E-state index in [2.05, 4.69) is 27.1 Å². The Hall–Kier alpha value is -3.15. The Morgan fingerprint density at radius 3 is 1.23 bits per heavy atom. The van der Waals surface area contributed by atoms with Crippen molar-refractivity contribution in [1.82, 2.24) is 15.0 Å². The lowest BCUT2D eigenvalue weighted by Crippen LogP contribution is -2.01. The van der Waals surface area contributed by atoms with Gasteiger partial charge in [0.25, 0.3) is 0 Å². The molecular formula is C20H21N3O3. The van der Waals surface area contributed by atoms with Gasteiger partial charge in [0.05, 0.1) is 7.11 Å². The Labute approximate surface area is 152 Å². The molecule has 0 aliphatic carbocycles. The van der Waals surface area contributed by atoms with Crippen LogP contribution in [-0.4, -0.2) is 22.1 Å². The molecule has 0 saturated carbocycles. The number of aromatic nitrogens is 3. The summed E-state index contributed by atoms with van der Waals surface area (Å²) in [6.45, 7) is 8.01. The fraction of sp³-hybridized carbons (Fsp3) is 0.250. The maximum atomic E-state index is 5.79. The van der Waals surface area contributed by atoms with Gasteiger partial charge in [-0.2, -0.15) is 0 Å². The number of benzene rings is 2. The summed E-state index contributed by atoms with van der Waals surface area (Å²) in [6.07, 6.45) is 0. The zero-order valence-corrected chi connectivity index (χ0v) is 15.5. The molecule has 6 nitrogen and oxygen atoms in total. The summed E-state index contributed by atoms with van der Waals surface area (Å²) in [5, 5.41) is 0. The molecule has 0 aliphatic rings. The van der Waals surface area contributed by atoms with Crippen molar-refractivity contribution in [1.29, 1.82) is 0 Å². The number of rotatable bonds is 5. The zero-order valence-electron chi connectivity index (χ0n) is 15.5. The molecule has 26 heavy (non-hydrogen) atoms. The van der Waals surface area contributed by atoms with E-state index in [4.69, 9.17) is 14.2 Å². The second-order valence-electron chi connectivity index (χ2n) is 6.24. The zero-order chi connectivity index (χ0) is 18.7. The number of methoxy groups -OCH3 is 1. The highest BCUT2D eigenvalue weighted by molar-refractivity contribution is 5.36. The van der Waals surface area contributed by atoms with E-state index in [1.54, 1.807) is 0 Å². The molecule has 3 aromatic rings. The lowest BCUT2D eigenvalue weighted by molar-refractivity contribution is 0.336. The van der Waals surface area contributed by atoms with Gasteiger partial charge in [0.1, 0.15) is 11.5 Å². The molecule has 0 aliphatic heterocycles. The molecule has 0 radical (unpaired) electrons. The number of hydrogen-bond donors (Lipinski definition) is 0. The highest BCUT2D eigenvalue weighted by Crippen LogP contribution is 2.26. The van der Waals surface area contributed by atoms with Crippen LogP contribution in [0.1, 0.15) is 22.3 Å². The molecule has 134 valence electrons. The number of aryl methyl sites for hydroxylation is 4. The Kier molecular flexibility index (Phi) is 5.02. The molecule has 0 N–H and O–H groups in total. The van der Waals surface area contributed by atoms with Crippen LogP contribution in [0.25, 0.3) is 0 Å². The summed E-state index contributed by atoms with van der Waals surface area (Å²) >= 11 is 0. The van der Waals surface area contributed by atoms with Crippen LogP contribution < -0.4 is 14.2 Å². The third-order valence-electron chi connectivity index (χ3n) is 3.57. The van der Waals surface area contributed by atoms with Gasteiger partial charge in [-0.3, -0.25) is 0 Å². The lowest BCUT2D eigenvalue weighted by Gasteiger charge is -2.10. The van der Waals surface area contributed by atoms with Gasteiger partial charge < -0.3 is 14.2 Å². The molecule has 6 heteroatoms. The minimum atomic E-state index is 0.112. The fourth-order valence-corrected chi connectivity index (χ4v) is 2.70. The average Bonchev–Trinajstić information content (AvgIpc) is 2.52. The maximum absolute atomic E-state index is 5.79. The van der Waals surface area contributed by atoms with Gasteiger partial charge in [0, 0.05) is 0 Å². The smallest absolute Gasteiger partial charge is 0.331 e. The van der Waals surface area contributed by atoms with Crippen LogP contribution in [0.5, 0.6) is 29.5 Å². The quantitative estimate of drug-likeness (QED) is 0.664. The van der Waals surface area contributed by atoms with Gasteiger partial charge in [-0.1, -0.05) is 12.1 Å². The van der Waals surface area contributed by atoms with Gasteiger partial charge in [0.2, 0.25) is 0 Å². The molecular weight excluding hydrogens is 330 g/mol. The van der Waals surface area contributed by atoms with Crippen LogP contribution in [0.4, 0.5) is 0 Å². The second-order valence-corrected chi connectivity index (χ2v) is 6.24. The summed E-state index contributed by atoms with van der Waals surface area (Å²) in [5.74, 6) is 1.29. The summed E-state index contributed by atoms with van der Waals surface area (Å²) in [4.78, 5) is 12.5. The largest absolute Gasteiger partial charge is 0.467 e. The van der Waals surface area contributed by atoms with Crippen molar-refractivity contribution in [3.05, 3.63) is 58.7 Å². The average molecular weight is 351 g/mol. The monoisotopic (exact) mass is 351 g/mol. The van der Waals surface area contributed by atoms with Crippen LogP contribution in [0, 0.1) is 27.7 Å². The van der Waals surface area contributed by atoms with Gasteiger partial charge in [-0.05, 0) is 74.2 Å². The minimum Gasteiger partial charge on any atom is -0.467 e. The van der Waals surface area contributed by atoms with E-state index in [1.165, 1.54) is 7.11 Å². The van der Waals surface area contributed by atoms with E-state index in [0.717, 1.165) is 22.3 Å². The number of ether oxygens (including phenoxy) is 3. The Bertz CT molecular complexity index is 829. The summed E-state index contributed by atoms with van der Waals surface area (Å²) in [7, 11) is 1.48. The fourth-order valence-electron chi connectivity index (χ4n) is 2.70. The first-order valence-corrected chi connectivity index (χ1v) is 8.23. The molecule has 0 saturated heterocycles. The first-order valence-electron chi connectivity index (χ1n) is 8.23. The van der Waals surface area contributed by atoms with Crippen molar-refractivity contribution in [3.63, 3.8) is 0 Å². The third-order valence-corrected chi connectivity index (χ3v) is 3.57.